The van der Waals surface area contributed by atoms with E-state index in [-0.39, 0.29) is 6.10 Å². The molecule has 1 rings (SSSR count). The number of hydrogen-bond acceptors (Lipinski definition) is 5. The van der Waals surface area contributed by atoms with E-state index in [0.29, 0.717) is 5.57 Å². The smallest absolute Gasteiger partial charge is 0.0960 e. The van der Waals surface area contributed by atoms with E-state index < -0.39 is 0 Å². The molecule has 0 bridgehead atoms. The molecule has 1 saturated heterocycles. The van der Waals surface area contributed by atoms with Crippen molar-refractivity contribution in [2.75, 3.05) is 40.3 Å². The molecule has 104 valence electrons. The van der Waals surface area contributed by atoms with E-state index in [9.17, 15) is 0 Å². The molecule has 1 fully saturated rings. The number of allylic oxidation sites excluding steroid dienone is 2. The summed E-state index contributed by atoms with van der Waals surface area (Å²) >= 11 is 0. The minimum Gasteiger partial charge on any atom is -0.378 e. The third-order valence-corrected chi connectivity index (χ3v) is 3.10. The molecule has 5 heteroatoms. The Morgan fingerprint density at radius 2 is 2.21 bits per heavy atom. The van der Waals surface area contributed by atoms with Crippen LogP contribution in [0.2, 0.25) is 0 Å². The predicted octanol–water partition coefficient (Wildman–Crippen LogP) is 1.26. The zero-order valence-corrected chi connectivity index (χ0v) is 12.0. The molecule has 0 spiro atoms. The van der Waals surface area contributed by atoms with Crippen molar-refractivity contribution in [3.05, 3.63) is 24.0 Å². The summed E-state index contributed by atoms with van der Waals surface area (Å²) in [5.74, 6) is 0. The molecular formula is C14H22N4O. The first kappa shape index (κ1) is 15.4. The van der Waals surface area contributed by atoms with Gasteiger partial charge >= 0.3 is 0 Å². The highest BCUT2D eigenvalue weighted by Crippen LogP contribution is 2.09. The standard InChI is InChI=1S/C14H22N4O/c1-12(7-15)8-16-9-13(2)18-6-5-17(3)10-14(11-18)19-4/h8-9,14H,2,5-6,10-11H2,1,3-4H3/b12-8+,16-9?. The molecule has 1 heterocycles. The van der Waals surface area contributed by atoms with Crippen molar-refractivity contribution in [2.45, 2.75) is 13.0 Å². The van der Waals surface area contributed by atoms with Crippen molar-refractivity contribution in [2.24, 2.45) is 4.99 Å². The third-order valence-electron chi connectivity index (χ3n) is 3.10. The maximum Gasteiger partial charge on any atom is 0.0960 e. The number of likely N-dealkylation sites (N-methyl/N-ethyl adjacent to an activating group) is 1. The monoisotopic (exact) mass is 262 g/mol. The molecule has 0 aliphatic carbocycles. The van der Waals surface area contributed by atoms with Gasteiger partial charge in [-0.25, -0.2) is 0 Å². The molecule has 0 aromatic rings. The summed E-state index contributed by atoms with van der Waals surface area (Å²) in [6.45, 7) is 9.36. The van der Waals surface area contributed by atoms with Crippen LogP contribution in [0, 0.1) is 11.3 Å². The Kier molecular flexibility index (Phi) is 6.26. The Balaban J connectivity index is 2.63. The van der Waals surface area contributed by atoms with Gasteiger partial charge in [0.1, 0.15) is 0 Å². The number of aliphatic imine (C=N–C) groups is 1. The van der Waals surface area contributed by atoms with Crippen LogP contribution in [0.5, 0.6) is 0 Å². The average Bonchev–Trinajstić information content (AvgIpc) is 2.60. The van der Waals surface area contributed by atoms with Gasteiger partial charge in [0.25, 0.3) is 0 Å². The number of hydrogen-bond donors (Lipinski definition) is 0. The van der Waals surface area contributed by atoms with Gasteiger partial charge in [0.2, 0.25) is 0 Å². The summed E-state index contributed by atoms with van der Waals surface area (Å²) in [5.41, 5.74) is 1.42. The molecule has 0 amide bonds. The summed E-state index contributed by atoms with van der Waals surface area (Å²) in [6, 6.07) is 2.03. The molecule has 0 saturated carbocycles. The zero-order valence-electron chi connectivity index (χ0n) is 12.0. The van der Waals surface area contributed by atoms with E-state index in [0.717, 1.165) is 31.9 Å². The summed E-state index contributed by atoms with van der Waals surface area (Å²) in [5, 5.41) is 8.63. The van der Waals surface area contributed by atoms with E-state index in [4.69, 9.17) is 10.00 Å². The Morgan fingerprint density at radius 3 is 2.84 bits per heavy atom. The quantitative estimate of drug-likeness (QED) is 0.565. The molecule has 1 aliphatic rings. The molecule has 19 heavy (non-hydrogen) atoms. The van der Waals surface area contributed by atoms with Gasteiger partial charge in [0.05, 0.1) is 12.2 Å². The van der Waals surface area contributed by atoms with Gasteiger partial charge in [0.15, 0.2) is 0 Å². The van der Waals surface area contributed by atoms with Gasteiger partial charge in [-0.05, 0) is 14.0 Å². The van der Waals surface area contributed by atoms with Crippen molar-refractivity contribution in [3.63, 3.8) is 0 Å². The maximum atomic E-state index is 8.63. The lowest BCUT2D eigenvalue weighted by Crippen LogP contribution is -2.34. The fraction of sp³-hybridized carbons (Fsp3) is 0.571. The van der Waals surface area contributed by atoms with Gasteiger partial charge in [-0.3, -0.25) is 4.99 Å². The Hall–Kier alpha value is -1.64. The number of methoxy groups -OCH3 is 1. The third kappa shape index (κ3) is 5.25. The highest BCUT2D eigenvalue weighted by Gasteiger charge is 2.20. The van der Waals surface area contributed by atoms with Crippen LogP contribution < -0.4 is 0 Å². The summed E-state index contributed by atoms with van der Waals surface area (Å²) in [6.07, 6.45) is 3.41. The second kappa shape index (κ2) is 7.72. The highest BCUT2D eigenvalue weighted by atomic mass is 16.5. The van der Waals surface area contributed by atoms with Gasteiger partial charge in [-0.15, -0.1) is 0 Å². The van der Waals surface area contributed by atoms with Crippen LogP contribution in [-0.4, -0.2) is 62.5 Å². The molecule has 0 radical (unpaired) electrons. The van der Waals surface area contributed by atoms with Gasteiger partial charge in [-0.2, -0.15) is 5.26 Å². The van der Waals surface area contributed by atoms with E-state index in [1.807, 2.05) is 6.07 Å². The van der Waals surface area contributed by atoms with Gasteiger partial charge in [-0.1, -0.05) is 6.58 Å². The van der Waals surface area contributed by atoms with Crippen LogP contribution >= 0.6 is 0 Å². The van der Waals surface area contributed by atoms with Crippen molar-refractivity contribution < 1.29 is 4.74 Å². The lowest BCUT2D eigenvalue weighted by molar-refractivity contribution is 0.0709. The predicted molar refractivity (Wildman–Crippen MR) is 76.9 cm³/mol. The minimum absolute atomic E-state index is 0.175. The van der Waals surface area contributed by atoms with Gasteiger partial charge in [0, 0.05) is 57.0 Å². The van der Waals surface area contributed by atoms with E-state index in [2.05, 4.69) is 28.4 Å². The van der Waals surface area contributed by atoms with Crippen LogP contribution in [0.15, 0.2) is 29.0 Å². The normalized spacial score (nSPS) is 22.3. The van der Waals surface area contributed by atoms with Crippen molar-refractivity contribution in [1.82, 2.24) is 9.80 Å². The lowest BCUT2D eigenvalue weighted by atomic mass is 10.3. The topological polar surface area (TPSA) is 51.9 Å². The van der Waals surface area contributed by atoms with Crippen LogP contribution in [0.25, 0.3) is 0 Å². The van der Waals surface area contributed by atoms with E-state index in [1.54, 1.807) is 26.4 Å². The molecular weight excluding hydrogens is 240 g/mol. The van der Waals surface area contributed by atoms with Crippen LogP contribution in [0.3, 0.4) is 0 Å². The Bertz CT molecular complexity index is 408. The highest BCUT2D eigenvalue weighted by molar-refractivity contribution is 5.77. The minimum atomic E-state index is 0.175. The first-order chi connectivity index (χ1) is 9.06. The number of ether oxygens (including phenoxy) is 1. The Labute approximate surface area is 115 Å². The molecule has 0 N–H and O–H groups in total. The number of nitriles is 1. The van der Waals surface area contributed by atoms with E-state index in [1.165, 1.54) is 0 Å². The molecule has 1 atom stereocenters. The van der Waals surface area contributed by atoms with Crippen LogP contribution in [-0.2, 0) is 4.74 Å². The molecule has 0 aromatic carbocycles. The molecule has 0 aromatic heterocycles. The SMILES string of the molecule is C=C(C=N/C=C(\C)C#N)N1CCN(C)CC(OC)C1. The van der Waals surface area contributed by atoms with Crippen LogP contribution in [0.4, 0.5) is 0 Å². The van der Waals surface area contributed by atoms with Crippen LogP contribution in [0.1, 0.15) is 6.92 Å². The first-order valence-corrected chi connectivity index (χ1v) is 6.32. The fourth-order valence-corrected chi connectivity index (χ4v) is 1.88. The van der Waals surface area contributed by atoms with Gasteiger partial charge < -0.3 is 14.5 Å². The fourth-order valence-electron chi connectivity index (χ4n) is 1.88. The average molecular weight is 262 g/mol. The zero-order chi connectivity index (χ0) is 14.3. The van der Waals surface area contributed by atoms with Crippen molar-refractivity contribution >= 4 is 6.21 Å². The van der Waals surface area contributed by atoms with E-state index >= 15 is 0 Å². The maximum absolute atomic E-state index is 8.63. The molecule has 1 unspecified atom stereocenters. The number of rotatable bonds is 4. The summed E-state index contributed by atoms with van der Waals surface area (Å²) < 4.78 is 5.46. The second-order valence-corrected chi connectivity index (χ2v) is 4.76. The van der Waals surface area contributed by atoms with Crippen molar-refractivity contribution in [1.29, 1.82) is 5.26 Å². The summed E-state index contributed by atoms with van der Waals surface area (Å²) in [4.78, 5) is 8.52. The summed E-state index contributed by atoms with van der Waals surface area (Å²) in [7, 11) is 3.82. The largest absolute Gasteiger partial charge is 0.378 e. The lowest BCUT2D eigenvalue weighted by Gasteiger charge is -2.24. The molecule has 1 aliphatic heterocycles. The first-order valence-electron chi connectivity index (χ1n) is 6.32. The number of nitrogens with zero attached hydrogens (tertiary/aromatic N) is 4. The molecule has 5 nitrogen and oxygen atoms in total. The van der Waals surface area contributed by atoms with Crippen molar-refractivity contribution in [3.8, 4) is 6.07 Å². The Morgan fingerprint density at radius 1 is 1.47 bits per heavy atom. The second-order valence-electron chi connectivity index (χ2n) is 4.76.